The molecule has 1 aliphatic heterocycles. The van der Waals surface area contributed by atoms with Crippen LogP contribution in [0.3, 0.4) is 0 Å². The fourth-order valence-electron chi connectivity index (χ4n) is 2.56. The maximum atomic E-state index is 11.8. The topological polar surface area (TPSA) is 41.0 Å². The molecule has 1 aliphatic carbocycles. The summed E-state index contributed by atoms with van der Waals surface area (Å²) in [6.45, 7) is 1.88. The second-order valence-corrected chi connectivity index (χ2v) is 4.81. The zero-order valence-corrected chi connectivity index (χ0v) is 9.12. The molecule has 4 nitrogen and oxygen atoms in total. The lowest BCUT2D eigenvalue weighted by Gasteiger charge is -2.30. The van der Waals surface area contributed by atoms with Crippen molar-refractivity contribution < 1.29 is 0 Å². The van der Waals surface area contributed by atoms with Crippen LogP contribution in [-0.4, -0.2) is 28.3 Å². The summed E-state index contributed by atoms with van der Waals surface area (Å²) in [7, 11) is 2.07. The Morgan fingerprint density at radius 3 is 2.87 bits per heavy atom. The van der Waals surface area contributed by atoms with Gasteiger partial charge in [0.05, 0.1) is 11.6 Å². The highest BCUT2D eigenvalue weighted by Gasteiger charge is 2.27. The van der Waals surface area contributed by atoms with E-state index in [0.29, 0.717) is 6.04 Å². The smallest absolute Gasteiger partial charge is 0.268 e. The van der Waals surface area contributed by atoms with Crippen LogP contribution in [0.1, 0.15) is 36.6 Å². The van der Waals surface area contributed by atoms with Crippen LogP contribution in [0, 0.1) is 0 Å². The number of nitrogens with zero attached hydrogens (tertiary/aromatic N) is 2. The van der Waals surface area contributed by atoms with Gasteiger partial charge >= 0.3 is 0 Å². The number of nitrogens with one attached hydrogen (secondary N) is 1. The normalized spacial score (nSPS) is 22.5. The fraction of sp³-hybridized carbons (Fsp3) is 0.727. The molecule has 0 bridgehead atoms. The van der Waals surface area contributed by atoms with Crippen LogP contribution in [0.2, 0.25) is 0 Å². The monoisotopic (exact) mass is 207 g/mol. The van der Waals surface area contributed by atoms with Gasteiger partial charge in [-0.05, 0) is 26.3 Å². The number of H-pyrrole nitrogens is 1. The Morgan fingerprint density at radius 1 is 1.40 bits per heavy atom. The van der Waals surface area contributed by atoms with Crippen LogP contribution < -0.4 is 5.56 Å². The molecule has 1 aromatic heterocycles. The number of rotatable bonds is 1. The van der Waals surface area contributed by atoms with Gasteiger partial charge in [0.1, 0.15) is 0 Å². The quantitative estimate of drug-likeness (QED) is 0.743. The molecular formula is C11H17N3O. The molecule has 2 heterocycles. The second kappa shape index (κ2) is 3.23. The van der Waals surface area contributed by atoms with Crippen molar-refractivity contribution in [1.82, 2.24) is 14.7 Å². The van der Waals surface area contributed by atoms with Gasteiger partial charge in [-0.25, -0.2) is 0 Å². The van der Waals surface area contributed by atoms with E-state index in [1.54, 1.807) is 0 Å². The van der Waals surface area contributed by atoms with E-state index in [2.05, 4.69) is 21.7 Å². The van der Waals surface area contributed by atoms with Gasteiger partial charge in [0.25, 0.3) is 5.56 Å². The summed E-state index contributed by atoms with van der Waals surface area (Å²) in [5.41, 5.74) is 2.39. The van der Waals surface area contributed by atoms with Crippen LogP contribution in [-0.2, 0) is 13.0 Å². The average Bonchev–Trinajstić information content (AvgIpc) is 2.41. The van der Waals surface area contributed by atoms with E-state index in [0.717, 1.165) is 25.1 Å². The lowest BCUT2D eigenvalue weighted by Crippen LogP contribution is -2.30. The molecule has 0 saturated heterocycles. The maximum absolute atomic E-state index is 11.8. The molecule has 1 N–H and O–H groups in total. The Hall–Kier alpha value is -1.03. The number of aromatic nitrogens is 2. The van der Waals surface area contributed by atoms with E-state index in [9.17, 15) is 4.79 Å². The fourth-order valence-corrected chi connectivity index (χ4v) is 2.56. The highest BCUT2D eigenvalue weighted by atomic mass is 16.1. The minimum absolute atomic E-state index is 0.128. The third-order valence-corrected chi connectivity index (χ3v) is 3.73. The van der Waals surface area contributed by atoms with E-state index in [1.807, 2.05) is 0 Å². The molecule has 4 heteroatoms. The van der Waals surface area contributed by atoms with Gasteiger partial charge < -0.3 is 4.90 Å². The molecular weight excluding hydrogens is 190 g/mol. The van der Waals surface area contributed by atoms with E-state index in [1.165, 1.54) is 25.0 Å². The zero-order chi connectivity index (χ0) is 10.4. The Balaban J connectivity index is 2.03. The molecule has 0 amide bonds. The van der Waals surface area contributed by atoms with Crippen LogP contribution in [0.4, 0.5) is 0 Å². The molecule has 15 heavy (non-hydrogen) atoms. The summed E-state index contributed by atoms with van der Waals surface area (Å²) in [6, 6.07) is 0.574. The number of hydrogen-bond acceptors (Lipinski definition) is 2. The Morgan fingerprint density at radius 2 is 2.20 bits per heavy atom. The van der Waals surface area contributed by atoms with Crippen molar-refractivity contribution in [3.8, 4) is 0 Å². The number of likely N-dealkylation sites (N-methyl/N-ethyl adjacent to an activating group) is 1. The van der Waals surface area contributed by atoms with Gasteiger partial charge in [0.15, 0.2) is 0 Å². The number of hydrogen-bond donors (Lipinski definition) is 1. The summed E-state index contributed by atoms with van der Waals surface area (Å²) in [5, 5.41) is 3.01. The molecule has 1 aromatic rings. The number of fused-ring (bicyclic) bond motifs is 1. The molecule has 2 aliphatic rings. The van der Waals surface area contributed by atoms with Crippen molar-refractivity contribution in [2.75, 3.05) is 13.6 Å². The van der Waals surface area contributed by atoms with Crippen LogP contribution >= 0.6 is 0 Å². The van der Waals surface area contributed by atoms with Gasteiger partial charge in [-0.15, -0.1) is 0 Å². The predicted molar refractivity (Wildman–Crippen MR) is 58.0 cm³/mol. The first-order chi connectivity index (χ1) is 7.25. The molecule has 1 saturated carbocycles. The first kappa shape index (κ1) is 9.21. The molecule has 82 valence electrons. The zero-order valence-electron chi connectivity index (χ0n) is 9.12. The van der Waals surface area contributed by atoms with Gasteiger partial charge in [-0.2, -0.15) is 0 Å². The van der Waals surface area contributed by atoms with Crippen molar-refractivity contribution in [3.05, 3.63) is 21.6 Å². The van der Waals surface area contributed by atoms with E-state index >= 15 is 0 Å². The molecule has 0 atom stereocenters. The molecule has 3 rings (SSSR count). The molecule has 0 radical (unpaired) electrons. The van der Waals surface area contributed by atoms with Gasteiger partial charge in [-0.1, -0.05) is 0 Å². The standard InChI is InChI=1S/C11H17N3O/c1-13-6-5-10-9(7-13)11(15)12-14(10)8-3-2-4-8/h8H,2-7H2,1H3,(H,12,15). The lowest BCUT2D eigenvalue weighted by molar-refractivity contribution is 0.264. The molecule has 0 aromatic carbocycles. The number of aromatic amines is 1. The summed E-state index contributed by atoms with van der Waals surface area (Å²) >= 11 is 0. The van der Waals surface area contributed by atoms with Gasteiger partial charge in [-0.3, -0.25) is 14.6 Å². The Kier molecular flexibility index (Phi) is 1.99. The van der Waals surface area contributed by atoms with Crippen LogP contribution in [0.15, 0.2) is 4.79 Å². The molecule has 0 spiro atoms. The first-order valence-corrected chi connectivity index (χ1v) is 5.76. The molecule has 0 unspecified atom stereocenters. The highest BCUT2D eigenvalue weighted by molar-refractivity contribution is 5.21. The Labute approximate surface area is 88.9 Å². The van der Waals surface area contributed by atoms with Crippen LogP contribution in [0.5, 0.6) is 0 Å². The summed E-state index contributed by atoms with van der Waals surface area (Å²) in [5.74, 6) is 0. The van der Waals surface area contributed by atoms with Gasteiger partial charge in [0, 0.05) is 25.2 Å². The van der Waals surface area contributed by atoms with E-state index < -0.39 is 0 Å². The predicted octanol–water partition coefficient (Wildman–Crippen LogP) is 0.889. The SMILES string of the molecule is CN1CCc2c(c(=O)[nH]n2C2CCC2)C1. The van der Waals surface area contributed by atoms with E-state index in [-0.39, 0.29) is 5.56 Å². The Bertz CT molecular complexity index is 428. The van der Waals surface area contributed by atoms with Crippen LogP contribution in [0.25, 0.3) is 0 Å². The minimum atomic E-state index is 0.128. The maximum Gasteiger partial charge on any atom is 0.268 e. The summed E-state index contributed by atoms with van der Waals surface area (Å²) in [6.07, 6.45) is 4.78. The van der Waals surface area contributed by atoms with E-state index in [4.69, 9.17) is 0 Å². The lowest BCUT2D eigenvalue weighted by atomic mass is 9.92. The van der Waals surface area contributed by atoms with Crippen molar-refractivity contribution in [1.29, 1.82) is 0 Å². The van der Waals surface area contributed by atoms with Crippen molar-refractivity contribution >= 4 is 0 Å². The molecule has 1 fully saturated rings. The minimum Gasteiger partial charge on any atom is -0.301 e. The first-order valence-electron chi connectivity index (χ1n) is 5.76. The highest BCUT2D eigenvalue weighted by Crippen LogP contribution is 2.32. The second-order valence-electron chi connectivity index (χ2n) is 4.81. The van der Waals surface area contributed by atoms with Crippen molar-refractivity contribution in [2.24, 2.45) is 0 Å². The largest absolute Gasteiger partial charge is 0.301 e. The third kappa shape index (κ3) is 1.35. The van der Waals surface area contributed by atoms with Gasteiger partial charge in [0.2, 0.25) is 0 Å². The summed E-state index contributed by atoms with van der Waals surface area (Å²) in [4.78, 5) is 14.0. The summed E-state index contributed by atoms with van der Waals surface area (Å²) < 4.78 is 2.15. The van der Waals surface area contributed by atoms with Crippen molar-refractivity contribution in [3.63, 3.8) is 0 Å². The van der Waals surface area contributed by atoms with Crippen molar-refractivity contribution in [2.45, 2.75) is 38.3 Å². The average molecular weight is 207 g/mol. The third-order valence-electron chi connectivity index (χ3n) is 3.73.